The molecular weight excluding hydrogens is 272 g/mol. The molecule has 22 heavy (non-hydrogen) atoms. The minimum absolute atomic E-state index is 0.135. The Morgan fingerprint density at radius 3 is 2.18 bits per heavy atom. The summed E-state index contributed by atoms with van der Waals surface area (Å²) >= 11 is 0. The molecule has 112 valence electrons. The Morgan fingerprint density at radius 1 is 0.955 bits per heavy atom. The van der Waals surface area contributed by atoms with Crippen molar-refractivity contribution in [3.63, 3.8) is 0 Å². The van der Waals surface area contributed by atoms with E-state index in [0.29, 0.717) is 5.82 Å². The average molecular weight is 292 g/mol. The summed E-state index contributed by atoms with van der Waals surface area (Å²) in [5.74, 6) is 0.621. The first-order valence-corrected chi connectivity index (χ1v) is 7.32. The van der Waals surface area contributed by atoms with Gasteiger partial charge in [-0.05, 0) is 35.2 Å². The van der Waals surface area contributed by atoms with Gasteiger partial charge in [-0.3, -0.25) is 4.98 Å². The maximum absolute atomic E-state index is 6.12. The number of hydrogen-bond donors (Lipinski definition) is 1. The summed E-state index contributed by atoms with van der Waals surface area (Å²) < 4.78 is 1.77. The van der Waals surface area contributed by atoms with Gasteiger partial charge in [-0.15, -0.1) is 0 Å². The van der Waals surface area contributed by atoms with Crippen LogP contribution in [0.15, 0.2) is 54.9 Å². The van der Waals surface area contributed by atoms with Crippen LogP contribution in [-0.4, -0.2) is 14.8 Å². The van der Waals surface area contributed by atoms with Gasteiger partial charge in [0.2, 0.25) is 0 Å². The minimum atomic E-state index is 0.135. The van der Waals surface area contributed by atoms with Crippen LogP contribution in [0.5, 0.6) is 0 Å². The molecule has 2 N–H and O–H groups in total. The van der Waals surface area contributed by atoms with Crippen molar-refractivity contribution >= 4 is 5.82 Å². The molecule has 3 aromatic rings. The molecule has 0 spiro atoms. The van der Waals surface area contributed by atoms with Crippen LogP contribution < -0.4 is 5.73 Å². The first-order chi connectivity index (χ1) is 10.4. The van der Waals surface area contributed by atoms with E-state index in [1.165, 1.54) is 5.56 Å². The van der Waals surface area contributed by atoms with Gasteiger partial charge < -0.3 is 5.73 Å². The normalized spacial score (nSPS) is 11.6. The second kappa shape index (κ2) is 5.30. The van der Waals surface area contributed by atoms with E-state index in [9.17, 15) is 0 Å². The molecule has 0 aliphatic carbocycles. The number of nitrogen functional groups attached to an aromatic ring is 1. The van der Waals surface area contributed by atoms with Crippen molar-refractivity contribution in [3.8, 4) is 16.9 Å². The second-order valence-electron chi connectivity index (χ2n) is 6.40. The Bertz CT molecular complexity index is 765. The van der Waals surface area contributed by atoms with Crippen molar-refractivity contribution in [1.29, 1.82) is 0 Å². The van der Waals surface area contributed by atoms with E-state index >= 15 is 0 Å². The second-order valence-corrected chi connectivity index (χ2v) is 6.40. The number of benzene rings is 1. The third-order valence-corrected chi connectivity index (χ3v) is 3.69. The molecule has 2 aromatic heterocycles. The Morgan fingerprint density at radius 2 is 1.59 bits per heavy atom. The molecule has 0 unspecified atom stereocenters. The van der Waals surface area contributed by atoms with Crippen LogP contribution >= 0.6 is 0 Å². The zero-order valence-corrected chi connectivity index (χ0v) is 13.1. The Labute approximate surface area is 130 Å². The van der Waals surface area contributed by atoms with Gasteiger partial charge in [0.05, 0.1) is 11.4 Å². The lowest BCUT2D eigenvalue weighted by Crippen LogP contribution is -2.11. The zero-order valence-electron chi connectivity index (χ0n) is 13.1. The van der Waals surface area contributed by atoms with Gasteiger partial charge in [0.25, 0.3) is 0 Å². The van der Waals surface area contributed by atoms with Gasteiger partial charge in [-0.25, -0.2) is 4.68 Å². The third-order valence-electron chi connectivity index (χ3n) is 3.69. The van der Waals surface area contributed by atoms with Gasteiger partial charge in [0.15, 0.2) is 0 Å². The fraction of sp³-hybridized carbons (Fsp3) is 0.222. The lowest BCUT2D eigenvalue weighted by molar-refractivity contribution is 0.590. The maximum Gasteiger partial charge on any atom is 0.127 e. The van der Waals surface area contributed by atoms with E-state index < -0.39 is 0 Å². The molecule has 0 amide bonds. The van der Waals surface area contributed by atoms with Gasteiger partial charge in [-0.2, -0.15) is 5.10 Å². The molecule has 0 bridgehead atoms. The van der Waals surface area contributed by atoms with Crippen LogP contribution in [0.3, 0.4) is 0 Å². The number of pyridine rings is 1. The summed E-state index contributed by atoms with van der Waals surface area (Å²) in [6.45, 7) is 6.60. The Hall–Kier alpha value is -2.62. The average Bonchev–Trinajstić information content (AvgIpc) is 2.89. The first kappa shape index (κ1) is 14.3. The molecule has 0 fully saturated rings. The first-order valence-electron chi connectivity index (χ1n) is 7.32. The highest BCUT2D eigenvalue weighted by molar-refractivity contribution is 5.63. The number of nitrogens with zero attached hydrogens (tertiary/aromatic N) is 3. The molecule has 4 nitrogen and oxygen atoms in total. The molecular formula is C18H20N4. The molecule has 2 heterocycles. The van der Waals surface area contributed by atoms with E-state index in [1.54, 1.807) is 17.1 Å². The highest BCUT2D eigenvalue weighted by Gasteiger charge is 2.14. The third kappa shape index (κ3) is 2.72. The highest BCUT2D eigenvalue weighted by Crippen LogP contribution is 2.25. The van der Waals surface area contributed by atoms with Gasteiger partial charge >= 0.3 is 0 Å². The lowest BCUT2D eigenvalue weighted by Gasteiger charge is -2.19. The van der Waals surface area contributed by atoms with E-state index in [2.05, 4.69) is 55.1 Å². The quantitative estimate of drug-likeness (QED) is 0.781. The summed E-state index contributed by atoms with van der Waals surface area (Å²) in [6, 6.07) is 14.1. The van der Waals surface area contributed by atoms with Crippen LogP contribution in [0.1, 0.15) is 26.3 Å². The van der Waals surface area contributed by atoms with E-state index in [0.717, 1.165) is 16.9 Å². The van der Waals surface area contributed by atoms with E-state index in [4.69, 9.17) is 5.73 Å². The zero-order chi connectivity index (χ0) is 15.7. The fourth-order valence-electron chi connectivity index (χ4n) is 2.37. The lowest BCUT2D eigenvalue weighted by atomic mass is 9.87. The minimum Gasteiger partial charge on any atom is -0.384 e. The predicted octanol–water partition coefficient (Wildman–Crippen LogP) is 3.81. The van der Waals surface area contributed by atoms with Crippen molar-refractivity contribution in [2.45, 2.75) is 26.2 Å². The SMILES string of the molecule is CC(C)(C)c1ccc(-n2nc(-c3ccncc3)cc2N)cc1. The number of nitrogens with two attached hydrogens (primary N) is 1. The number of aromatic nitrogens is 3. The van der Waals surface area contributed by atoms with Gasteiger partial charge in [0, 0.05) is 24.0 Å². The van der Waals surface area contributed by atoms with Crippen molar-refractivity contribution in [1.82, 2.24) is 14.8 Å². The molecule has 1 aromatic carbocycles. The summed E-state index contributed by atoms with van der Waals surface area (Å²) in [7, 11) is 0. The van der Waals surface area contributed by atoms with Crippen LogP contribution in [-0.2, 0) is 5.41 Å². The molecule has 4 heteroatoms. The van der Waals surface area contributed by atoms with Crippen molar-refractivity contribution in [2.24, 2.45) is 0 Å². The monoisotopic (exact) mass is 292 g/mol. The summed E-state index contributed by atoms with van der Waals surface area (Å²) in [5, 5.41) is 4.61. The molecule has 0 aliphatic heterocycles. The van der Waals surface area contributed by atoms with Crippen molar-refractivity contribution in [2.75, 3.05) is 5.73 Å². The molecule has 0 radical (unpaired) electrons. The fourth-order valence-corrected chi connectivity index (χ4v) is 2.37. The number of hydrogen-bond acceptors (Lipinski definition) is 3. The molecule has 0 aliphatic rings. The van der Waals surface area contributed by atoms with Crippen LogP contribution in [0.25, 0.3) is 16.9 Å². The van der Waals surface area contributed by atoms with Crippen LogP contribution in [0.2, 0.25) is 0 Å². The smallest absolute Gasteiger partial charge is 0.127 e. The maximum atomic E-state index is 6.12. The van der Waals surface area contributed by atoms with Gasteiger partial charge in [0.1, 0.15) is 5.82 Å². The number of rotatable bonds is 2. The molecule has 0 saturated carbocycles. The Balaban J connectivity index is 1.98. The molecule has 0 atom stereocenters. The van der Waals surface area contributed by atoms with E-state index in [-0.39, 0.29) is 5.41 Å². The Kier molecular flexibility index (Phi) is 3.45. The highest BCUT2D eigenvalue weighted by atomic mass is 15.3. The summed E-state index contributed by atoms with van der Waals surface area (Å²) in [4.78, 5) is 4.03. The van der Waals surface area contributed by atoms with E-state index in [1.807, 2.05) is 18.2 Å². The molecule has 0 saturated heterocycles. The van der Waals surface area contributed by atoms with Crippen molar-refractivity contribution < 1.29 is 0 Å². The summed E-state index contributed by atoms with van der Waals surface area (Å²) in [6.07, 6.45) is 3.51. The van der Waals surface area contributed by atoms with Crippen molar-refractivity contribution in [3.05, 3.63) is 60.4 Å². The standard InChI is InChI=1S/C18H20N4/c1-18(2,3)14-4-6-15(7-5-14)22-17(19)12-16(21-22)13-8-10-20-11-9-13/h4-12H,19H2,1-3H3. The summed E-state index contributed by atoms with van der Waals surface area (Å²) in [5.41, 5.74) is 10.4. The van der Waals surface area contributed by atoms with Crippen LogP contribution in [0, 0.1) is 0 Å². The topological polar surface area (TPSA) is 56.7 Å². The van der Waals surface area contributed by atoms with Gasteiger partial charge in [-0.1, -0.05) is 32.9 Å². The largest absolute Gasteiger partial charge is 0.384 e. The predicted molar refractivity (Wildman–Crippen MR) is 89.9 cm³/mol. The number of anilines is 1. The molecule has 3 rings (SSSR count). The van der Waals surface area contributed by atoms with Crippen LogP contribution in [0.4, 0.5) is 5.82 Å².